The van der Waals surface area contributed by atoms with Crippen LogP contribution in [0.3, 0.4) is 0 Å². The van der Waals surface area contributed by atoms with E-state index in [1.807, 2.05) is 6.08 Å². The molecular weight excluding hydrogens is 262 g/mol. The van der Waals surface area contributed by atoms with Gasteiger partial charge in [0.25, 0.3) is 0 Å². The van der Waals surface area contributed by atoms with Gasteiger partial charge in [-0.2, -0.15) is 0 Å². The quantitative estimate of drug-likeness (QED) is 0.424. The Balaban J connectivity index is 1.84. The lowest BCUT2D eigenvalue weighted by Gasteiger charge is -2.10. The first-order valence-electron chi connectivity index (χ1n) is 8.97. The number of hydrogen-bond acceptors (Lipinski definition) is 3. The zero-order valence-electron chi connectivity index (χ0n) is 13.8. The number of nitrogens with two attached hydrogens (primary N) is 1. The van der Waals surface area contributed by atoms with Gasteiger partial charge in [-0.25, -0.2) is 0 Å². The fraction of sp³-hybridized carbons (Fsp3) is 0.889. The van der Waals surface area contributed by atoms with Crippen LogP contribution in [-0.4, -0.2) is 30.0 Å². The Labute approximate surface area is 130 Å². The molecule has 0 aromatic heterocycles. The highest BCUT2D eigenvalue weighted by Gasteiger charge is 2.31. The molecule has 0 unspecified atom stereocenters. The molecule has 0 saturated carbocycles. The van der Waals surface area contributed by atoms with Gasteiger partial charge in [0.1, 0.15) is 12.2 Å². The Kier molecular flexibility index (Phi) is 10.8. The molecule has 0 amide bonds. The summed E-state index contributed by atoms with van der Waals surface area (Å²) < 4.78 is 5.42. The molecule has 1 aliphatic rings. The average Bonchev–Trinajstić information content (AvgIpc) is 2.80. The van der Waals surface area contributed by atoms with Gasteiger partial charge in [-0.1, -0.05) is 76.9 Å². The number of hydrogen-bond donors (Lipinski definition) is 2. The van der Waals surface area contributed by atoms with E-state index in [9.17, 15) is 5.11 Å². The number of ether oxygens (including phenoxy) is 1. The van der Waals surface area contributed by atoms with Gasteiger partial charge >= 0.3 is 0 Å². The largest absolute Gasteiger partial charge is 0.388 e. The van der Waals surface area contributed by atoms with Gasteiger partial charge in [0.2, 0.25) is 0 Å². The molecule has 0 aliphatic carbocycles. The van der Waals surface area contributed by atoms with Gasteiger partial charge in [-0.15, -0.1) is 0 Å². The zero-order chi connectivity index (χ0) is 15.3. The maximum Gasteiger partial charge on any atom is 0.103 e. The minimum atomic E-state index is -0.533. The lowest BCUT2D eigenvalue weighted by molar-refractivity contribution is 0.0734. The van der Waals surface area contributed by atoms with E-state index in [1.165, 1.54) is 64.2 Å². The summed E-state index contributed by atoms with van der Waals surface area (Å²) in [5, 5.41) is 9.73. The molecule has 1 rings (SSSR count). The van der Waals surface area contributed by atoms with Gasteiger partial charge in [0.05, 0.1) is 12.6 Å². The van der Waals surface area contributed by atoms with E-state index in [1.54, 1.807) is 0 Å². The summed E-state index contributed by atoms with van der Waals surface area (Å²) in [5.41, 5.74) is 5.70. The topological polar surface area (TPSA) is 55.5 Å². The Hall–Kier alpha value is -0.380. The summed E-state index contributed by atoms with van der Waals surface area (Å²) in [6.07, 6.45) is 18.1. The van der Waals surface area contributed by atoms with E-state index in [2.05, 4.69) is 13.0 Å². The van der Waals surface area contributed by atoms with Gasteiger partial charge in [0, 0.05) is 0 Å². The van der Waals surface area contributed by atoms with Crippen molar-refractivity contribution >= 4 is 0 Å². The minimum absolute atomic E-state index is 0.192. The molecule has 3 N–H and O–H groups in total. The predicted octanol–water partition coefficient (Wildman–Crippen LogP) is 3.94. The smallest absolute Gasteiger partial charge is 0.103 e. The first-order valence-corrected chi connectivity index (χ1v) is 8.97. The van der Waals surface area contributed by atoms with Crippen molar-refractivity contribution in [1.82, 2.24) is 0 Å². The van der Waals surface area contributed by atoms with Crippen molar-refractivity contribution in [3.63, 3.8) is 0 Å². The third kappa shape index (κ3) is 8.60. The first-order chi connectivity index (χ1) is 10.3. The zero-order valence-corrected chi connectivity index (χ0v) is 13.8. The molecule has 0 aromatic rings. The average molecular weight is 297 g/mol. The standard InChI is InChI=1S/C18H35NO2/c1-2-3-4-5-6-7-8-9-10-11-12-13-14-17-18(20)16(19)15-21-17/h13-14,16-18,20H,2-12,15,19H2,1H3/b14-13+/t16-,17-,18-/m0/s1. The van der Waals surface area contributed by atoms with Crippen LogP contribution in [0, 0.1) is 0 Å². The lowest BCUT2D eigenvalue weighted by atomic mass is 10.1. The number of allylic oxidation sites excluding steroid dienone is 1. The molecule has 3 atom stereocenters. The third-order valence-electron chi connectivity index (χ3n) is 4.31. The van der Waals surface area contributed by atoms with Gasteiger partial charge in [-0.05, 0) is 12.8 Å². The van der Waals surface area contributed by atoms with Crippen molar-refractivity contribution in [2.45, 2.75) is 95.8 Å². The molecule has 1 aliphatic heterocycles. The molecule has 0 spiro atoms. The number of unbranched alkanes of at least 4 members (excludes halogenated alkanes) is 10. The fourth-order valence-corrected chi connectivity index (χ4v) is 2.81. The lowest BCUT2D eigenvalue weighted by Crippen LogP contribution is -2.35. The van der Waals surface area contributed by atoms with Crippen molar-refractivity contribution < 1.29 is 9.84 Å². The number of aliphatic hydroxyl groups excluding tert-OH is 1. The van der Waals surface area contributed by atoms with Crippen LogP contribution >= 0.6 is 0 Å². The van der Waals surface area contributed by atoms with E-state index in [-0.39, 0.29) is 12.1 Å². The minimum Gasteiger partial charge on any atom is -0.388 e. The molecule has 3 heteroatoms. The van der Waals surface area contributed by atoms with Crippen molar-refractivity contribution in [3.05, 3.63) is 12.2 Å². The molecular formula is C18H35NO2. The second kappa shape index (κ2) is 12.2. The summed E-state index contributed by atoms with van der Waals surface area (Å²) in [6, 6.07) is -0.225. The highest BCUT2D eigenvalue weighted by atomic mass is 16.5. The summed E-state index contributed by atoms with van der Waals surface area (Å²) in [4.78, 5) is 0. The molecule has 1 fully saturated rings. The van der Waals surface area contributed by atoms with Crippen molar-refractivity contribution in [1.29, 1.82) is 0 Å². The SMILES string of the molecule is CCCCCCCCCCCC/C=C/[C@@H]1OC[C@H](N)[C@@H]1O. The van der Waals surface area contributed by atoms with Crippen LogP contribution in [0.1, 0.15) is 77.6 Å². The van der Waals surface area contributed by atoms with Crippen LogP contribution in [0.4, 0.5) is 0 Å². The molecule has 3 nitrogen and oxygen atoms in total. The second-order valence-electron chi connectivity index (χ2n) is 6.35. The molecule has 1 heterocycles. The van der Waals surface area contributed by atoms with Crippen LogP contribution in [0.15, 0.2) is 12.2 Å². The van der Waals surface area contributed by atoms with Crippen LogP contribution in [0.2, 0.25) is 0 Å². The molecule has 21 heavy (non-hydrogen) atoms. The summed E-state index contributed by atoms with van der Waals surface area (Å²) in [6.45, 7) is 2.73. The molecule has 0 bridgehead atoms. The maximum atomic E-state index is 9.73. The fourth-order valence-electron chi connectivity index (χ4n) is 2.81. The third-order valence-corrected chi connectivity index (χ3v) is 4.31. The van der Waals surface area contributed by atoms with Crippen molar-refractivity contribution in [3.8, 4) is 0 Å². The predicted molar refractivity (Wildman–Crippen MR) is 89.3 cm³/mol. The molecule has 1 saturated heterocycles. The van der Waals surface area contributed by atoms with E-state index in [0.29, 0.717) is 6.61 Å². The van der Waals surface area contributed by atoms with E-state index < -0.39 is 6.10 Å². The van der Waals surface area contributed by atoms with E-state index in [4.69, 9.17) is 10.5 Å². The van der Waals surface area contributed by atoms with E-state index >= 15 is 0 Å². The summed E-state index contributed by atoms with van der Waals surface area (Å²) >= 11 is 0. The number of rotatable bonds is 12. The Morgan fingerprint density at radius 1 is 1.00 bits per heavy atom. The Morgan fingerprint density at radius 2 is 1.57 bits per heavy atom. The maximum absolute atomic E-state index is 9.73. The van der Waals surface area contributed by atoms with Gasteiger partial charge in [-0.3, -0.25) is 0 Å². The molecule has 0 aromatic carbocycles. The summed E-state index contributed by atoms with van der Waals surface area (Å²) in [7, 11) is 0. The molecule has 0 radical (unpaired) electrons. The van der Waals surface area contributed by atoms with Crippen molar-refractivity contribution in [2.24, 2.45) is 5.73 Å². The first kappa shape index (κ1) is 18.7. The van der Waals surface area contributed by atoms with Gasteiger partial charge in [0.15, 0.2) is 0 Å². The highest BCUT2D eigenvalue weighted by Crippen LogP contribution is 2.15. The highest BCUT2D eigenvalue weighted by molar-refractivity contribution is 5.00. The van der Waals surface area contributed by atoms with E-state index in [0.717, 1.165) is 6.42 Å². The summed E-state index contributed by atoms with van der Waals surface area (Å²) in [5.74, 6) is 0. The normalized spacial score (nSPS) is 26.0. The van der Waals surface area contributed by atoms with Crippen LogP contribution in [-0.2, 0) is 4.74 Å². The molecule has 124 valence electrons. The monoisotopic (exact) mass is 297 g/mol. The van der Waals surface area contributed by atoms with Gasteiger partial charge < -0.3 is 15.6 Å². The Bertz CT molecular complexity index is 268. The van der Waals surface area contributed by atoms with Crippen molar-refractivity contribution in [2.75, 3.05) is 6.61 Å². The van der Waals surface area contributed by atoms with Crippen LogP contribution in [0.5, 0.6) is 0 Å². The number of aliphatic hydroxyl groups is 1. The Morgan fingerprint density at radius 3 is 2.10 bits per heavy atom. The second-order valence-corrected chi connectivity index (χ2v) is 6.35. The van der Waals surface area contributed by atoms with Crippen LogP contribution in [0.25, 0.3) is 0 Å². The van der Waals surface area contributed by atoms with Crippen LogP contribution < -0.4 is 5.73 Å².